The van der Waals surface area contributed by atoms with Crippen molar-refractivity contribution in [1.29, 1.82) is 0 Å². The van der Waals surface area contributed by atoms with Gasteiger partial charge in [-0.15, -0.1) is 0 Å². The van der Waals surface area contributed by atoms with E-state index in [-0.39, 0.29) is 0 Å². The molecule has 0 heterocycles. The molecule has 0 aliphatic rings. The van der Waals surface area contributed by atoms with E-state index in [1.54, 1.807) is 6.92 Å². The zero-order chi connectivity index (χ0) is 5.70. The van der Waals surface area contributed by atoms with Crippen molar-refractivity contribution in [3.63, 3.8) is 0 Å². The van der Waals surface area contributed by atoms with Gasteiger partial charge in [0.05, 0.1) is 0 Å². The van der Waals surface area contributed by atoms with Gasteiger partial charge < -0.3 is 10.4 Å². The summed E-state index contributed by atoms with van der Waals surface area (Å²) in [6, 6.07) is 0. The van der Waals surface area contributed by atoms with Gasteiger partial charge in [-0.05, 0) is 6.92 Å². The van der Waals surface area contributed by atoms with Gasteiger partial charge in [0, 0.05) is 6.54 Å². The monoisotopic (exact) mass is 102 g/mol. The topological polar surface area (TPSA) is 49.3 Å². The van der Waals surface area contributed by atoms with E-state index < -0.39 is 5.91 Å². The summed E-state index contributed by atoms with van der Waals surface area (Å²) in [5, 5.41) is 10.3. The van der Waals surface area contributed by atoms with Gasteiger partial charge in [-0.2, -0.15) is 0 Å². The quantitative estimate of drug-likeness (QED) is 0.501. The molecule has 0 fully saturated rings. The summed E-state index contributed by atoms with van der Waals surface area (Å²) in [6.07, 6.45) is 0. The fraction of sp³-hybridized carbons (Fsp3) is 0.500. The van der Waals surface area contributed by atoms with E-state index in [0.717, 1.165) is 0 Å². The number of nitrogens with one attached hydrogen (secondary N) is 1. The molecule has 1 radical (unpaired) electrons. The molecule has 3 nitrogen and oxygen atoms in total. The minimum absolute atomic E-state index is 0.442. The molecule has 0 bridgehead atoms. The van der Waals surface area contributed by atoms with Gasteiger partial charge in [0.1, 0.15) is 0 Å². The molecule has 0 rings (SSSR count). The second-order valence-electron chi connectivity index (χ2n) is 1.02. The lowest BCUT2D eigenvalue weighted by Crippen LogP contribution is -2.22. The number of carbonyl (C=O) groups is 1. The molecule has 3 heteroatoms. The molecule has 0 unspecified atom stereocenters. The van der Waals surface area contributed by atoms with E-state index in [0.29, 0.717) is 13.2 Å². The molecular formula is C4H8NO2. The van der Waals surface area contributed by atoms with Crippen molar-refractivity contribution < 1.29 is 9.90 Å². The van der Waals surface area contributed by atoms with Gasteiger partial charge in [-0.25, -0.2) is 0 Å². The van der Waals surface area contributed by atoms with Crippen LogP contribution in [-0.4, -0.2) is 17.6 Å². The number of hydrogen-bond acceptors (Lipinski definition) is 2. The Labute approximate surface area is 42.3 Å². The summed E-state index contributed by atoms with van der Waals surface area (Å²) in [7, 11) is 0. The third kappa shape index (κ3) is 3.26. The smallest absolute Gasteiger partial charge is 0.252 e. The fourth-order valence-electron chi connectivity index (χ4n) is 0.220. The number of rotatable bonds is 2. The normalized spacial score (nSPS) is 8.29. The lowest BCUT2D eigenvalue weighted by molar-refractivity contribution is -0.120. The molecule has 0 aliphatic heterocycles. The first-order chi connectivity index (χ1) is 3.31. The Morgan fingerprint density at radius 3 is 2.71 bits per heavy atom. The van der Waals surface area contributed by atoms with E-state index in [2.05, 4.69) is 5.32 Å². The standard InChI is InChI=1S/C4H8NO2/c1-2-5-4(7)3-6/h3,6H,2H2,1H3,(H,5,7). The highest BCUT2D eigenvalue weighted by Gasteiger charge is 1.91. The largest absolute Gasteiger partial charge is 0.380 e. The number of aliphatic hydroxyl groups excluding tert-OH is 1. The molecular weight excluding hydrogens is 94.0 g/mol. The average molecular weight is 102 g/mol. The predicted molar refractivity (Wildman–Crippen MR) is 24.9 cm³/mol. The van der Waals surface area contributed by atoms with E-state index in [1.807, 2.05) is 0 Å². The third-order valence-corrected chi connectivity index (χ3v) is 0.468. The van der Waals surface area contributed by atoms with Crippen LogP contribution in [0.25, 0.3) is 0 Å². The maximum absolute atomic E-state index is 10.00. The average Bonchev–Trinajstić information content (AvgIpc) is 1.68. The number of amides is 1. The van der Waals surface area contributed by atoms with Gasteiger partial charge >= 0.3 is 0 Å². The molecule has 41 valence electrons. The van der Waals surface area contributed by atoms with Crippen LogP contribution in [0.3, 0.4) is 0 Å². The first-order valence-electron chi connectivity index (χ1n) is 2.06. The fourth-order valence-corrected chi connectivity index (χ4v) is 0.220. The van der Waals surface area contributed by atoms with Crippen LogP contribution in [0.1, 0.15) is 6.92 Å². The molecule has 0 aliphatic carbocycles. The second kappa shape index (κ2) is 3.61. The SMILES string of the molecule is CCNC(=O)[CH]O. The van der Waals surface area contributed by atoms with Crippen LogP contribution in [0, 0.1) is 6.61 Å². The summed E-state index contributed by atoms with van der Waals surface area (Å²) >= 11 is 0. The van der Waals surface area contributed by atoms with Crippen molar-refractivity contribution in [1.82, 2.24) is 5.32 Å². The van der Waals surface area contributed by atoms with Crippen LogP contribution < -0.4 is 5.32 Å². The van der Waals surface area contributed by atoms with E-state index in [1.165, 1.54) is 0 Å². The molecule has 0 aromatic rings. The maximum atomic E-state index is 10.00. The molecule has 1 amide bonds. The highest BCUT2D eigenvalue weighted by Crippen LogP contribution is 1.64. The first-order valence-corrected chi connectivity index (χ1v) is 2.06. The first kappa shape index (κ1) is 6.43. The predicted octanol–water partition coefficient (Wildman–Crippen LogP) is -0.343. The molecule has 0 spiro atoms. The Hall–Kier alpha value is -0.570. The van der Waals surface area contributed by atoms with E-state index in [4.69, 9.17) is 5.11 Å². The Morgan fingerprint density at radius 1 is 2.00 bits per heavy atom. The van der Waals surface area contributed by atoms with Crippen molar-refractivity contribution in [2.24, 2.45) is 0 Å². The highest BCUT2D eigenvalue weighted by atomic mass is 16.3. The zero-order valence-corrected chi connectivity index (χ0v) is 4.14. The molecule has 0 aromatic carbocycles. The summed E-state index contributed by atoms with van der Waals surface area (Å²) in [5.74, 6) is -0.442. The molecule has 0 atom stereocenters. The highest BCUT2D eigenvalue weighted by molar-refractivity contribution is 5.82. The molecule has 7 heavy (non-hydrogen) atoms. The van der Waals surface area contributed by atoms with Gasteiger partial charge in [0.25, 0.3) is 5.91 Å². The summed E-state index contributed by atoms with van der Waals surface area (Å²) in [6.45, 7) is 2.83. The van der Waals surface area contributed by atoms with Crippen molar-refractivity contribution in [2.75, 3.05) is 6.54 Å². The van der Waals surface area contributed by atoms with Gasteiger partial charge in [-0.1, -0.05) is 0 Å². The van der Waals surface area contributed by atoms with Crippen LogP contribution in [-0.2, 0) is 4.79 Å². The van der Waals surface area contributed by atoms with Crippen molar-refractivity contribution in [2.45, 2.75) is 6.92 Å². The number of hydrogen-bond donors (Lipinski definition) is 2. The van der Waals surface area contributed by atoms with Crippen LogP contribution in [0.2, 0.25) is 0 Å². The summed E-state index contributed by atoms with van der Waals surface area (Å²) in [4.78, 5) is 10.00. The lowest BCUT2D eigenvalue weighted by atomic mass is 10.6. The Balaban J connectivity index is 3.00. The minimum atomic E-state index is -0.442. The third-order valence-electron chi connectivity index (χ3n) is 0.468. The minimum Gasteiger partial charge on any atom is -0.380 e. The van der Waals surface area contributed by atoms with Crippen molar-refractivity contribution in [3.05, 3.63) is 6.61 Å². The van der Waals surface area contributed by atoms with E-state index in [9.17, 15) is 4.79 Å². The van der Waals surface area contributed by atoms with Crippen LogP contribution in [0.15, 0.2) is 0 Å². The Morgan fingerprint density at radius 2 is 2.57 bits per heavy atom. The Kier molecular flexibility index (Phi) is 3.32. The van der Waals surface area contributed by atoms with Gasteiger partial charge in [0.15, 0.2) is 6.61 Å². The number of aliphatic hydroxyl groups is 1. The lowest BCUT2D eigenvalue weighted by Gasteiger charge is -1.92. The summed E-state index contributed by atoms with van der Waals surface area (Å²) in [5.41, 5.74) is 0. The van der Waals surface area contributed by atoms with Crippen LogP contribution in [0.4, 0.5) is 0 Å². The van der Waals surface area contributed by atoms with E-state index >= 15 is 0 Å². The molecule has 2 N–H and O–H groups in total. The van der Waals surface area contributed by atoms with Gasteiger partial charge in [-0.3, -0.25) is 4.79 Å². The molecule has 0 saturated carbocycles. The number of carbonyl (C=O) groups excluding carboxylic acids is 1. The number of likely N-dealkylation sites (N-methyl/N-ethyl adjacent to an activating group) is 1. The Bertz CT molecular complexity index is 62.7. The zero-order valence-electron chi connectivity index (χ0n) is 4.14. The molecule has 0 aromatic heterocycles. The summed E-state index contributed by atoms with van der Waals surface area (Å²) < 4.78 is 0. The maximum Gasteiger partial charge on any atom is 0.252 e. The van der Waals surface area contributed by atoms with Crippen LogP contribution in [0.5, 0.6) is 0 Å². The van der Waals surface area contributed by atoms with Crippen molar-refractivity contribution in [3.8, 4) is 0 Å². The van der Waals surface area contributed by atoms with Crippen molar-refractivity contribution >= 4 is 5.91 Å². The second-order valence-corrected chi connectivity index (χ2v) is 1.02. The van der Waals surface area contributed by atoms with Crippen LogP contribution >= 0.6 is 0 Å². The van der Waals surface area contributed by atoms with Gasteiger partial charge in [0.2, 0.25) is 0 Å². The molecule has 0 saturated heterocycles.